The molecule has 0 aliphatic carbocycles. The lowest BCUT2D eigenvalue weighted by molar-refractivity contribution is 0.0870. The predicted molar refractivity (Wildman–Crippen MR) is 69.2 cm³/mol. The van der Waals surface area contributed by atoms with Crippen LogP contribution in [0.25, 0.3) is 10.9 Å². The summed E-state index contributed by atoms with van der Waals surface area (Å²) in [6, 6.07) is 5.23. The Balaban J connectivity index is 1.93. The van der Waals surface area contributed by atoms with Crippen molar-refractivity contribution in [3.8, 4) is 0 Å². The Morgan fingerprint density at radius 2 is 2.05 bits per heavy atom. The van der Waals surface area contributed by atoms with Crippen LogP contribution in [0.2, 0.25) is 0 Å². The lowest BCUT2D eigenvalue weighted by Crippen LogP contribution is -2.20. The fourth-order valence-corrected chi connectivity index (χ4v) is 1.83. The molecule has 8 nitrogen and oxygen atoms in total. The van der Waals surface area contributed by atoms with E-state index < -0.39 is 0 Å². The molecule has 0 fully saturated rings. The number of nitrogens with zero attached hydrogens (tertiary/aromatic N) is 5. The van der Waals surface area contributed by atoms with Gasteiger partial charge in [-0.2, -0.15) is 19.7 Å². The van der Waals surface area contributed by atoms with E-state index in [0.717, 1.165) is 5.39 Å². The molecule has 0 spiro atoms. The number of rotatable bonds is 2. The summed E-state index contributed by atoms with van der Waals surface area (Å²) >= 11 is 0. The minimum absolute atomic E-state index is 0.0294. The number of nitrogens with two attached hydrogens (primary N) is 2. The number of nitrogen functional groups attached to an aromatic ring is 2. The number of carbonyl (C=O) groups is 1. The van der Waals surface area contributed by atoms with Crippen molar-refractivity contribution in [3.63, 3.8) is 0 Å². The zero-order valence-corrected chi connectivity index (χ0v) is 9.89. The van der Waals surface area contributed by atoms with E-state index in [1.165, 1.54) is 15.7 Å². The number of aromatic nitrogens is 5. The van der Waals surface area contributed by atoms with Crippen LogP contribution in [-0.4, -0.2) is 30.7 Å². The lowest BCUT2D eigenvalue weighted by Gasteiger charge is -2.02. The third-order valence-electron chi connectivity index (χ3n) is 2.66. The molecule has 19 heavy (non-hydrogen) atoms. The SMILES string of the molecule is Nc1ccc2c(cnn2C(=O)Cn2ncc(N)n2)c1. The predicted octanol–water partition coefficient (Wildman–Crippen LogP) is 0.133. The summed E-state index contributed by atoms with van der Waals surface area (Å²) in [5, 5.41) is 12.6. The number of fused-ring (bicyclic) bond motifs is 1. The van der Waals surface area contributed by atoms with Crippen molar-refractivity contribution in [1.82, 2.24) is 24.8 Å². The van der Waals surface area contributed by atoms with Gasteiger partial charge >= 0.3 is 0 Å². The normalized spacial score (nSPS) is 10.9. The maximum atomic E-state index is 12.1. The van der Waals surface area contributed by atoms with Crippen molar-refractivity contribution in [1.29, 1.82) is 0 Å². The molecule has 0 saturated carbocycles. The molecule has 0 amide bonds. The highest BCUT2D eigenvalue weighted by Crippen LogP contribution is 2.16. The van der Waals surface area contributed by atoms with Crippen LogP contribution >= 0.6 is 0 Å². The molecular formula is C11H11N7O. The van der Waals surface area contributed by atoms with Gasteiger partial charge in [0.2, 0.25) is 0 Å². The van der Waals surface area contributed by atoms with Gasteiger partial charge in [-0.1, -0.05) is 0 Å². The molecule has 0 atom stereocenters. The summed E-state index contributed by atoms with van der Waals surface area (Å²) in [5.41, 5.74) is 12.4. The molecular weight excluding hydrogens is 246 g/mol. The van der Waals surface area contributed by atoms with Gasteiger partial charge in [-0.25, -0.2) is 0 Å². The van der Waals surface area contributed by atoms with E-state index in [9.17, 15) is 4.79 Å². The third kappa shape index (κ3) is 1.99. The zero-order valence-electron chi connectivity index (χ0n) is 9.89. The van der Waals surface area contributed by atoms with E-state index in [-0.39, 0.29) is 18.3 Å². The maximum absolute atomic E-state index is 12.1. The van der Waals surface area contributed by atoms with E-state index in [0.29, 0.717) is 11.2 Å². The van der Waals surface area contributed by atoms with Crippen molar-refractivity contribution in [2.45, 2.75) is 6.54 Å². The molecule has 1 aromatic carbocycles. The first-order valence-corrected chi connectivity index (χ1v) is 5.55. The average Bonchev–Trinajstić information content (AvgIpc) is 2.95. The fourth-order valence-electron chi connectivity index (χ4n) is 1.83. The first-order valence-electron chi connectivity index (χ1n) is 5.55. The molecule has 2 heterocycles. The van der Waals surface area contributed by atoms with E-state index in [1.807, 2.05) is 0 Å². The molecule has 3 rings (SSSR count). The molecule has 0 saturated heterocycles. The van der Waals surface area contributed by atoms with Gasteiger partial charge in [0, 0.05) is 11.1 Å². The topological polar surface area (TPSA) is 118 Å². The van der Waals surface area contributed by atoms with Crippen molar-refractivity contribution >= 4 is 28.3 Å². The van der Waals surface area contributed by atoms with Crippen LogP contribution in [0.5, 0.6) is 0 Å². The monoisotopic (exact) mass is 257 g/mol. The highest BCUT2D eigenvalue weighted by atomic mass is 16.2. The first kappa shape index (κ1) is 11.2. The molecule has 0 aliphatic rings. The highest BCUT2D eigenvalue weighted by Gasteiger charge is 2.12. The number of carbonyl (C=O) groups excluding carboxylic acids is 1. The summed E-state index contributed by atoms with van der Waals surface area (Å²) in [6.07, 6.45) is 2.98. The Kier molecular flexibility index (Phi) is 2.41. The van der Waals surface area contributed by atoms with Crippen LogP contribution < -0.4 is 11.5 Å². The molecule has 4 N–H and O–H groups in total. The summed E-state index contributed by atoms with van der Waals surface area (Å²) in [7, 11) is 0. The van der Waals surface area contributed by atoms with Gasteiger partial charge in [0.05, 0.1) is 17.9 Å². The van der Waals surface area contributed by atoms with Crippen LogP contribution in [0.3, 0.4) is 0 Å². The van der Waals surface area contributed by atoms with Crippen LogP contribution in [0.1, 0.15) is 4.79 Å². The second-order valence-electron chi connectivity index (χ2n) is 4.07. The van der Waals surface area contributed by atoms with Crippen LogP contribution in [-0.2, 0) is 6.54 Å². The van der Waals surface area contributed by atoms with E-state index >= 15 is 0 Å². The van der Waals surface area contributed by atoms with Gasteiger partial charge in [0.1, 0.15) is 6.54 Å². The van der Waals surface area contributed by atoms with E-state index in [1.54, 1.807) is 24.4 Å². The minimum Gasteiger partial charge on any atom is -0.399 e. The molecule has 0 radical (unpaired) electrons. The molecule has 0 unspecified atom stereocenters. The van der Waals surface area contributed by atoms with Gasteiger partial charge in [0.25, 0.3) is 5.91 Å². The quantitative estimate of drug-likeness (QED) is 0.630. The fraction of sp³-hybridized carbons (Fsp3) is 0.0909. The standard InChI is InChI=1S/C11H11N7O/c12-8-1-2-9-7(3-8)4-15-18(9)11(19)6-17-14-5-10(13)16-17/h1-5H,6,12H2,(H2,13,16). The first-order chi connectivity index (χ1) is 9.13. The zero-order chi connectivity index (χ0) is 13.4. The van der Waals surface area contributed by atoms with Crippen molar-refractivity contribution in [2.75, 3.05) is 11.5 Å². The van der Waals surface area contributed by atoms with Crippen LogP contribution in [0.15, 0.2) is 30.6 Å². The number of anilines is 2. The number of hydrogen-bond donors (Lipinski definition) is 2. The maximum Gasteiger partial charge on any atom is 0.270 e. The van der Waals surface area contributed by atoms with Crippen molar-refractivity contribution < 1.29 is 4.79 Å². The number of hydrogen-bond acceptors (Lipinski definition) is 6. The third-order valence-corrected chi connectivity index (χ3v) is 2.66. The smallest absolute Gasteiger partial charge is 0.270 e. The Bertz CT molecular complexity index is 757. The van der Waals surface area contributed by atoms with Gasteiger partial charge < -0.3 is 11.5 Å². The van der Waals surface area contributed by atoms with Gasteiger partial charge in [-0.05, 0) is 18.2 Å². The van der Waals surface area contributed by atoms with Crippen molar-refractivity contribution in [3.05, 3.63) is 30.6 Å². The van der Waals surface area contributed by atoms with Gasteiger partial charge in [-0.3, -0.25) is 4.79 Å². The Labute approximate surface area is 107 Å². The van der Waals surface area contributed by atoms with Gasteiger partial charge in [0.15, 0.2) is 5.82 Å². The minimum atomic E-state index is -0.254. The summed E-state index contributed by atoms with van der Waals surface area (Å²) in [4.78, 5) is 13.3. The van der Waals surface area contributed by atoms with Crippen molar-refractivity contribution in [2.24, 2.45) is 0 Å². The molecule has 2 aromatic heterocycles. The Morgan fingerprint density at radius 1 is 1.21 bits per heavy atom. The molecule has 8 heteroatoms. The van der Waals surface area contributed by atoms with E-state index in [4.69, 9.17) is 11.5 Å². The molecule has 96 valence electrons. The molecule has 0 bridgehead atoms. The molecule has 0 aliphatic heterocycles. The summed E-state index contributed by atoms with van der Waals surface area (Å²) < 4.78 is 1.30. The summed E-state index contributed by atoms with van der Waals surface area (Å²) in [5.74, 6) is 0.0151. The van der Waals surface area contributed by atoms with E-state index in [2.05, 4.69) is 15.3 Å². The Hall–Kier alpha value is -2.90. The largest absolute Gasteiger partial charge is 0.399 e. The van der Waals surface area contributed by atoms with Gasteiger partial charge in [-0.15, -0.1) is 5.10 Å². The lowest BCUT2D eigenvalue weighted by atomic mass is 10.2. The number of benzene rings is 1. The second-order valence-corrected chi connectivity index (χ2v) is 4.07. The van der Waals surface area contributed by atoms with Crippen LogP contribution in [0.4, 0.5) is 11.5 Å². The average molecular weight is 257 g/mol. The second kappa shape index (κ2) is 4.09. The highest BCUT2D eigenvalue weighted by molar-refractivity contribution is 5.91. The van der Waals surface area contributed by atoms with Crippen LogP contribution in [0, 0.1) is 0 Å². The Morgan fingerprint density at radius 3 is 2.79 bits per heavy atom. The molecule has 3 aromatic rings. The summed E-state index contributed by atoms with van der Waals surface area (Å²) in [6.45, 7) is -0.0294.